The van der Waals surface area contributed by atoms with Gasteiger partial charge in [-0.3, -0.25) is 0 Å². The molecule has 0 saturated heterocycles. The minimum Gasteiger partial charge on any atom is -0.391 e. The van der Waals surface area contributed by atoms with E-state index in [1.807, 2.05) is 0 Å². The maximum absolute atomic E-state index is 9.50. The fraction of sp³-hybridized carbons (Fsp3) is 0.333. The van der Waals surface area contributed by atoms with Crippen LogP contribution in [0.2, 0.25) is 5.15 Å². The third-order valence-corrected chi connectivity index (χ3v) is 4.01. The average molecular weight is 290 g/mol. The van der Waals surface area contributed by atoms with E-state index in [0.717, 1.165) is 31.7 Å². The van der Waals surface area contributed by atoms with E-state index in [4.69, 9.17) is 11.6 Å². The number of aliphatic hydroxyl groups excluding tert-OH is 1. The van der Waals surface area contributed by atoms with Crippen LogP contribution in [0.5, 0.6) is 0 Å². The summed E-state index contributed by atoms with van der Waals surface area (Å²) in [6.45, 7) is 1.54. The van der Waals surface area contributed by atoms with Gasteiger partial charge in [-0.1, -0.05) is 35.9 Å². The van der Waals surface area contributed by atoms with Crippen LogP contribution in [0.1, 0.15) is 23.1 Å². The first kappa shape index (κ1) is 13.3. The predicted octanol–water partition coefficient (Wildman–Crippen LogP) is 2.58. The molecule has 5 heteroatoms. The number of fused-ring (bicyclic) bond motifs is 1. The first-order chi connectivity index (χ1) is 9.79. The Morgan fingerprint density at radius 3 is 2.80 bits per heavy atom. The molecule has 0 aliphatic carbocycles. The number of aliphatic hydroxyl groups is 1. The topological polar surface area (TPSA) is 49.3 Å². The maximum atomic E-state index is 9.50. The number of halogens is 1. The van der Waals surface area contributed by atoms with Crippen LogP contribution in [0.3, 0.4) is 0 Å². The Morgan fingerprint density at radius 1 is 1.20 bits per heavy atom. The van der Waals surface area contributed by atoms with Crippen molar-refractivity contribution in [3.05, 3.63) is 52.4 Å². The molecule has 4 nitrogen and oxygen atoms in total. The lowest BCUT2D eigenvalue weighted by Crippen LogP contribution is -2.25. The summed E-state index contributed by atoms with van der Waals surface area (Å²) in [5.41, 5.74) is 3.30. The standard InChI is InChI=1S/C15H16ClN3O/c16-14-13(9-20)15(18-10-17-14)19-7-3-6-11-4-1-2-5-12(11)8-19/h1-2,4-5,10,20H,3,6-9H2. The zero-order valence-corrected chi connectivity index (χ0v) is 11.8. The summed E-state index contributed by atoms with van der Waals surface area (Å²) in [5.74, 6) is 0.740. The Morgan fingerprint density at radius 2 is 2.00 bits per heavy atom. The highest BCUT2D eigenvalue weighted by Gasteiger charge is 2.19. The molecule has 1 N–H and O–H groups in total. The van der Waals surface area contributed by atoms with E-state index < -0.39 is 0 Å². The van der Waals surface area contributed by atoms with Crippen molar-refractivity contribution in [2.75, 3.05) is 11.4 Å². The Hall–Kier alpha value is -1.65. The second-order valence-electron chi connectivity index (χ2n) is 4.92. The average Bonchev–Trinajstić information content (AvgIpc) is 2.69. The molecule has 0 bridgehead atoms. The van der Waals surface area contributed by atoms with Gasteiger partial charge in [0.15, 0.2) is 0 Å². The quantitative estimate of drug-likeness (QED) is 0.863. The van der Waals surface area contributed by atoms with Gasteiger partial charge in [0, 0.05) is 13.1 Å². The van der Waals surface area contributed by atoms with Gasteiger partial charge in [-0.25, -0.2) is 9.97 Å². The predicted molar refractivity (Wildman–Crippen MR) is 78.8 cm³/mol. The number of hydrogen-bond donors (Lipinski definition) is 1. The monoisotopic (exact) mass is 289 g/mol. The van der Waals surface area contributed by atoms with Crippen molar-refractivity contribution >= 4 is 17.4 Å². The molecule has 0 amide bonds. The first-order valence-corrected chi connectivity index (χ1v) is 7.09. The summed E-state index contributed by atoms with van der Waals surface area (Å²) in [6.07, 6.45) is 3.58. The van der Waals surface area contributed by atoms with E-state index in [-0.39, 0.29) is 6.61 Å². The Labute approximate surface area is 123 Å². The van der Waals surface area contributed by atoms with Gasteiger partial charge in [-0.2, -0.15) is 0 Å². The van der Waals surface area contributed by atoms with Gasteiger partial charge < -0.3 is 10.0 Å². The first-order valence-electron chi connectivity index (χ1n) is 6.71. The molecule has 0 spiro atoms. The lowest BCUT2D eigenvalue weighted by atomic mass is 10.0. The Balaban J connectivity index is 1.98. The van der Waals surface area contributed by atoms with Gasteiger partial charge in [-0.05, 0) is 24.0 Å². The van der Waals surface area contributed by atoms with Crippen LogP contribution in [-0.4, -0.2) is 21.6 Å². The van der Waals surface area contributed by atoms with Gasteiger partial charge in [0.2, 0.25) is 0 Å². The third-order valence-electron chi connectivity index (χ3n) is 3.68. The Bertz CT molecular complexity index is 618. The second kappa shape index (κ2) is 5.77. The minimum absolute atomic E-state index is 0.146. The largest absolute Gasteiger partial charge is 0.391 e. The van der Waals surface area contributed by atoms with Gasteiger partial charge >= 0.3 is 0 Å². The molecular weight excluding hydrogens is 274 g/mol. The number of nitrogens with zero attached hydrogens (tertiary/aromatic N) is 3. The molecule has 0 fully saturated rings. The van der Waals surface area contributed by atoms with Crippen molar-refractivity contribution in [3.63, 3.8) is 0 Å². The van der Waals surface area contributed by atoms with Crippen molar-refractivity contribution < 1.29 is 5.11 Å². The summed E-state index contributed by atoms with van der Waals surface area (Å²) < 4.78 is 0. The summed E-state index contributed by atoms with van der Waals surface area (Å²) in [4.78, 5) is 10.4. The highest BCUT2D eigenvalue weighted by atomic mass is 35.5. The fourth-order valence-corrected chi connectivity index (χ4v) is 2.86. The normalized spacial score (nSPS) is 14.8. The summed E-state index contributed by atoms with van der Waals surface area (Å²) >= 11 is 6.05. The summed E-state index contributed by atoms with van der Waals surface area (Å²) in [6, 6.07) is 8.46. The van der Waals surface area contributed by atoms with E-state index in [1.54, 1.807) is 0 Å². The number of rotatable bonds is 2. The smallest absolute Gasteiger partial charge is 0.140 e. The van der Waals surface area contributed by atoms with Crippen molar-refractivity contribution in [2.45, 2.75) is 26.0 Å². The van der Waals surface area contributed by atoms with E-state index in [2.05, 4.69) is 39.1 Å². The van der Waals surface area contributed by atoms with Crippen LogP contribution in [-0.2, 0) is 19.6 Å². The molecule has 0 radical (unpaired) electrons. The molecule has 104 valence electrons. The number of benzene rings is 1. The number of aromatic nitrogens is 2. The van der Waals surface area contributed by atoms with Gasteiger partial charge in [-0.15, -0.1) is 0 Å². The molecule has 0 unspecified atom stereocenters. The van der Waals surface area contributed by atoms with E-state index in [0.29, 0.717) is 10.7 Å². The van der Waals surface area contributed by atoms with Gasteiger partial charge in [0.05, 0.1) is 12.2 Å². The molecule has 2 aromatic rings. The Kier molecular flexibility index (Phi) is 3.85. The lowest BCUT2D eigenvalue weighted by Gasteiger charge is -2.24. The minimum atomic E-state index is -0.146. The molecule has 0 atom stereocenters. The molecule has 1 aromatic carbocycles. The van der Waals surface area contributed by atoms with Crippen LogP contribution in [0.25, 0.3) is 0 Å². The highest BCUT2D eigenvalue weighted by Crippen LogP contribution is 2.27. The van der Waals surface area contributed by atoms with Crippen LogP contribution in [0, 0.1) is 0 Å². The van der Waals surface area contributed by atoms with E-state index in [1.165, 1.54) is 17.5 Å². The molecule has 2 heterocycles. The van der Waals surface area contributed by atoms with Crippen LogP contribution >= 0.6 is 11.6 Å². The highest BCUT2D eigenvalue weighted by molar-refractivity contribution is 6.30. The molecule has 20 heavy (non-hydrogen) atoms. The van der Waals surface area contributed by atoms with Gasteiger partial charge in [0.25, 0.3) is 0 Å². The van der Waals surface area contributed by atoms with Crippen molar-refractivity contribution in [2.24, 2.45) is 0 Å². The molecule has 0 saturated carbocycles. The van der Waals surface area contributed by atoms with E-state index in [9.17, 15) is 5.11 Å². The van der Waals surface area contributed by atoms with Crippen molar-refractivity contribution in [1.29, 1.82) is 0 Å². The third kappa shape index (κ3) is 2.49. The summed E-state index contributed by atoms with van der Waals surface area (Å²) in [7, 11) is 0. The van der Waals surface area contributed by atoms with E-state index >= 15 is 0 Å². The molecular formula is C15H16ClN3O. The van der Waals surface area contributed by atoms with Crippen LogP contribution in [0.15, 0.2) is 30.6 Å². The number of hydrogen-bond acceptors (Lipinski definition) is 4. The van der Waals surface area contributed by atoms with Crippen LogP contribution < -0.4 is 4.90 Å². The number of aryl methyl sites for hydroxylation is 1. The van der Waals surface area contributed by atoms with Crippen LogP contribution in [0.4, 0.5) is 5.82 Å². The maximum Gasteiger partial charge on any atom is 0.140 e. The number of anilines is 1. The van der Waals surface area contributed by atoms with Gasteiger partial charge in [0.1, 0.15) is 17.3 Å². The molecule has 3 rings (SSSR count). The fourth-order valence-electron chi connectivity index (χ4n) is 2.67. The SMILES string of the molecule is OCc1c(Cl)ncnc1N1CCCc2ccccc2C1. The van der Waals surface area contributed by atoms with Crippen molar-refractivity contribution in [3.8, 4) is 0 Å². The molecule has 1 aromatic heterocycles. The molecule has 1 aliphatic rings. The zero-order chi connectivity index (χ0) is 13.9. The van der Waals surface area contributed by atoms with Crippen molar-refractivity contribution in [1.82, 2.24) is 9.97 Å². The molecule has 1 aliphatic heterocycles. The zero-order valence-electron chi connectivity index (χ0n) is 11.1. The second-order valence-corrected chi connectivity index (χ2v) is 5.28. The lowest BCUT2D eigenvalue weighted by molar-refractivity contribution is 0.281. The summed E-state index contributed by atoms with van der Waals surface area (Å²) in [5, 5.41) is 9.83.